The highest BCUT2D eigenvalue weighted by atomic mass is 19.3. The van der Waals surface area contributed by atoms with E-state index in [4.69, 9.17) is 5.73 Å². The Kier molecular flexibility index (Phi) is 7.62. The minimum Gasteiger partial charge on any atom is -0.402 e. The van der Waals surface area contributed by atoms with E-state index in [1.54, 1.807) is 26.0 Å². The second kappa shape index (κ2) is 9.21. The summed E-state index contributed by atoms with van der Waals surface area (Å²) in [6.07, 6.45) is 5.10. The molecule has 3 nitrogen and oxygen atoms in total. The molecule has 0 aliphatic heterocycles. The van der Waals surface area contributed by atoms with Crippen LogP contribution in [0.25, 0.3) is 6.08 Å². The van der Waals surface area contributed by atoms with Gasteiger partial charge < -0.3 is 5.73 Å². The van der Waals surface area contributed by atoms with Crippen molar-refractivity contribution in [3.63, 3.8) is 0 Å². The van der Waals surface area contributed by atoms with Crippen LogP contribution in [-0.4, -0.2) is 5.78 Å². The highest BCUT2D eigenvalue weighted by Gasteiger charge is 2.14. The molecule has 1 rings (SSSR count). The smallest absolute Gasteiger partial charge is 0.190 e. The number of ketones is 1. The van der Waals surface area contributed by atoms with Crippen LogP contribution < -0.4 is 10.7 Å². The first-order valence-corrected chi connectivity index (χ1v) is 8.53. The maximum atomic E-state index is 12.8. The molecule has 0 aliphatic carbocycles. The van der Waals surface area contributed by atoms with E-state index < -0.39 is 0 Å². The van der Waals surface area contributed by atoms with Crippen molar-refractivity contribution in [2.24, 2.45) is 5.73 Å². The van der Waals surface area contributed by atoms with Gasteiger partial charge in [0.1, 0.15) is 0 Å². The highest BCUT2D eigenvalue weighted by molar-refractivity contribution is 6.12. The van der Waals surface area contributed by atoms with Crippen molar-refractivity contribution < 1.29 is 14.3 Å². The van der Waals surface area contributed by atoms with Gasteiger partial charge in [0, 0.05) is 15.8 Å². The molecule has 0 aliphatic rings. The zero-order valence-electron chi connectivity index (χ0n) is 16.0. The fourth-order valence-corrected chi connectivity index (χ4v) is 2.49. The van der Waals surface area contributed by atoms with E-state index >= 15 is 0 Å². The Morgan fingerprint density at radius 1 is 1.24 bits per heavy atom. The molecule has 0 saturated heterocycles. The van der Waals surface area contributed by atoms with E-state index in [-0.39, 0.29) is 11.5 Å². The number of carbonyl (C=O) groups is 1. The Labute approximate surface area is 150 Å². The van der Waals surface area contributed by atoms with Gasteiger partial charge in [0.25, 0.3) is 0 Å². The molecule has 0 aromatic heterocycles. The summed E-state index contributed by atoms with van der Waals surface area (Å²) in [5, 5.41) is 0. The van der Waals surface area contributed by atoms with Gasteiger partial charge in [-0.3, -0.25) is 9.74 Å². The van der Waals surface area contributed by atoms with Crippen molar-refractivity contribution in [1.82, 2.24) is 0 Å². The number of aryl methyl sites for hydroxylation is 2. The monoisotopic (exact) mass is 345 g/mol. The maximum absolute atomic E-state index is 12.8. The van der Waals surface area contributed by atoms with Crippen molar-refractivity contribution in [3.05, 3.63) is 57.3 Å². The molecular weight excluding hydrogens is 317 g/mol. The largest absolute Gasteiger partial charge is 0.402 e. The fraction of sp³-hybridized carbons (Fsp3) is 0.381. The summed E-state index contributed by atoms with van der Waals surface area (Å²) in [7, 11) is 0. The van der Waals surface area contributed by atoms with Gasteiger partial charge in [0.15, 0.2) is 11.5 Å². The normalized spacial score (nSPS) is 13.6. The quantitative estimate of drug-likeness (QED) is 0.533. The number of benzene rings is 1. The lowest BCUT2D eigenvalue weighted by molar-refractivity contribution is -0.111. The molecule has 2 N–H and O–H groups in total. The molecule has 0 bridgehead atoms. The number of allylic oxidation sites excluding steroid dienone is 5. The fourth-order valence-electron chi connectivity index (χ4n) is 2.49. The topological polar surface area (TPSA) is 52.3 Å². The van der Waals surface area contributed by atoms with Crippen LogP contribution in [0.2, 0.25) is 0 Å². The summed E-state index contributed by atoms with van der Waals surface area (Å²) in [5.41, 5.74) is 11.0. The van der Waals surface area contributed by atoms with Gasteiger partial charge in [0.2, 0.25) is 0 Å². The van der Waals surface area contributed by atoms with Crippen LogP contribution in [0.3, 0.4) is 0 Å². The molecule has 0 saturated carbocycles. The number of halogens is 1. The van der Waals surface area contributed by atoms with Gasteiger partial charge in [-0.25, -0.2) is 0 Å². The lowest BCUT2D eigenvalue weighted by atomic mass is 9.96. The predicted molar refractivity (Wildman–Crippen MR) is 102 cm³/mol. The summed E-state index contributed by atoms with van der Waals surface area (Å²) in [5.74, 6) is 0.0570. The van der Waals surface area contributed by atoms with Gasteiger partial charge in [-0.2, -0.15) is 0 Å². The Morgan fingerprint density at radius 2 is 1.88 bits per heavy atom. The van der Waals surface area contributed by atoms with Gasteiger partial charge in [0.05, 0.1) is 0 Å². The summed E-state index contributed by atoms with van der Waals surface area (Å²) in [4.78, 5) is 16.7. The van der Waals surface area contributed by atoms with Crippen molar-refractivity contribution in [3.8, 4) is 5.75 Å². The van der Waals surface area contributed by atoms with Crippen molar-refractivity contribution in [2.75, 3.05) is 0 Å². The molecule has 25 heavy (non-hydrogen) atoms. The molecule has 0 amide bonds. The van der Waals surface area contributed by atoms with E-state index in [0.29, 0.717) is 23.3 Å². The molecule has 1 aromatic rings. The SMILES string of the molecule is CC/C(C)=C\C(C(=O)/C(C)=C/c1cc(OF)c(CC)cc1C)=C(/C)N. The molecule has 0 spiro atoms. The molecule has 4 heteroatoms. The van der Waals surface area contributed by atoms with E-state index in [1.165, 1.54) is 0 Å². The van der Waals surface area contributed by atoms with Gasteiger partial charge in [-0.05, 0) is 74.9 Å². The average Bonchev–Trinajstić information content (AvgIpc) is 2.59. The number of hydrogen-bond acceptors (Lipinski definition) is 3. The summed E-state index contributed by atoms with van der Waals surface area (Å²) in [6, 6.07) is 3.50. The van der Waals surface area contributed by atoms with Crippen LogP contribution in [-0.2, 0) is 11.2 Å². The lowest BCUT2D eigenvalue weighted by Gasteiger charge is -2.10. The Bertz CT molecular complexity index is 739. The summed E-state index contributed by atoms with van der Waals surface area (Å²) in [6.45, 7) is 11.3. The maximum Gasteiger partial charge on any atom is 0.190 e. The van der Waals surface area contributed by atoms with E-state index in [9.17, 15) is 9.32 Å². The number of Topliss-reactive ketones (excluding diaryl/α,β-unsaturated/α-hetero) is 1. The van der Waals surface area contributed by atoms with Gasteiger partial charge in [-0.1, -0.05) is 31.6 Å². The molecule has 0 heterocycles. The standard InChI is InChI=1S/C21H28FNO2/c1-7-13(3)9-19(16(6)23)21(24)15(5)11-18-12-20(25-22)17(8-2)10-14(18)4/h9-12H,7-8,23H2,1-6H3/b13-9-,15-11+,19-16-. The first-order chi connectivity index (χ1) is 11.7. The number of hydrogen-bond donors (Lipinski definition) is 1. The van der Waals surface area contributed by atoms with Crippen molar-refractivity contribution in [1.29, 1.82) is 0 Å². The van der Waals surface area contributed by atoms with E-state index in [0.717, 1.165) is 28.7 Å². The second-order valence-corrected chi connectivity index (χ2v) is 6.34. The molecule has 0 radical (unpaired) electrons. The number of nitrogens with two attached hydrogens (primary N) is 1. The van der Waals surface area contributed by atoms with Crippen LogP contribution >= 0.6 is 0 Å². The molecule has 0 unspecified atom stereocenters. The van der Waals surface area contributed by atoms with Crippen LogP contribution in [0, 0.1) is 6.92 Å². The predicted octanol–water partition coefficient (Wildman–Crippen LogP) is 5.38. The first-order valence-electron chi connectivity index (χ1n) is 8.53. The van der Waals surface area contributed by atoms with Crippen molar-refractivity contribution in [2.45, 2.75) is 54.4 Å². The number of carbonyl (C=O) groups excluding carboxylic acids is 1. The molecule has 0 atom stereocenters. The Hall–Kier alpha value is -2.36. The highest BCUT2D eigenvalue weighted by Crippen LogP contribution is 2.27. The molecule has 1 aromatic carbocycles. The first kappa shape index (κ1) is 20.7. The van der Waals surface area contributed by atoms with Crippen LogP contribution in [0.5, 0.6) is 5.75 Å². The third-order valence-corrected chi connectivity index (χ3v) is 4.26. The average molecular weight is 345 g/mol. The third kappa shape index (κ3) is 5.31. The zero-order valence-corrected chi connectivity index (χ0v) is 16.0. The Morgan fingerprint density at radius 3 is 2.36 bits per heavy atom. The summed E-state index contributed by atoms with van der Waals surface area (Å²) < 4.78 is 12.8. The minimum atomic E-state index is -0.130. The van der Waals surface area contributed by atoms with Gasteiger partial charge in [-0.15, -0.1) is 0 Å². The van der Waals surface area contributed by atoms with Crippen LogP contribution in [0.4, 0.5) is 4.53 Å². The third-order valence-electron chi connectivity index (χ3n) is 4.26. The second-order valence-electron chi connectivity index (χ2n) is 6.34. The molecular formula is C21H28FNO2. The zero-order chi connectivity index (χ0) is 19.1. The minimum absolute atomic E-state index is 0.130. The van der Waals surface area contributed by atoms with E-state index in [1.807, 2.05) is 39.8 Å². The van der Waals surface area contributed by atoms with Crippen LogP contribution in [0.1, 0.15) is 57.7 Å². The Balaban J connectivity index is 3.32. The summed E-state index contributed by atoms with van der Waals surface area (Å²) >= 11 is 0. The van der Waals surface area contributed by atoms with Gasteiger partial charge >= 0.3 is 0 Å². The molecule has 0 fully saturated rings. The van der Waals surface area contributed by atoms with Crippen molar-refractivity contribution >= 4 is 11.9 Å². The van der Waals surface area contributed by atoms with E-state index in [2.05, 4.69) is 4.94 Å². The number of rotatable bonds is 7. The van der Waals surface area contributed by atoms with Crippen LogP contribution in [0.15, 0.2) is 40.6 Å². The molecule has 136 valence electrons. The lowest BCUT2D eigenvalue weighted by Crippen LogP contribution is -2.09.